The number of aryl methyl sites for hydroxylation is 1. The highest BCUT2D eigenvalue weighted by atomic mass is 32.1. The lowest BCUT2D eigenvalue weighted by molar-refractivity contribution is 0.00517. The number of β-amino-alcohol motifs (C(OH)–C–C–N with tert-alkyl or cyclic N) is 1. The van der Waals surface area contributed by atoms with E-state index in [-0.39, 0.29) is 24.6 Å². The molecule has 1 aromatic carbocycles. The fourth-order valence-electron chi connectivity index (χ4n) is 4.79. The number of fused-ring (bicyclic) bond motifs is 1. The number of carbonyl (C=O) groups is 1. The Hall–Kier alpha value is -4.73. The summed E-state index contributed by atoms with van der Waals surface area (Å²) < 4.78 is 30.3. The zero-order valence-electron chi connectivity index (χ0n) is 22.0. The van der Waals surface area contributed by atoms with Crippen LogP contribution in [0.4, 0.5) is 19.7 Å². The molecule has 5 aromatic rings. The lowest BCUT2D eigenvalue weighted by atomic mass is 10.1. The van der Waals surface area contributed by atoms with Crippen molar-refractivity contribution in [1.29, 1.82) is 5.26 Å². The van der Waals surface area contributed by atoms with E-state index in [4.69, 9.17) is 9.97 Å². The van der Waals surface area contributed by atoms with Crippen LogP contribution in [0.5, 0.6) is 0 Å². The minimum atomic E-state index is -0.744. The smallest absolute Gasteiger partial charge is 0.275 e. The zero-order valence-corrected chi connectivity index (χ0v) is 22.9. The van der Waals surface area contributed by atoms with E-state index in [9.17, 15) is 23.9 Å². The molecule has 206 valence electrons. The molecule has 6 rings (SSSR count). The summed E-state index contributed by atoms with van der Waals surface area (Å²) in [5, 5.41) is 19.8. The van der Waals surface area contributed by atoms with Gasteiger partial charge in [-0.05, 0) is 48.9 Å². The van der Waals surface area contributed by atoms with Gasteiger partial charge in [-0.2, -0.15) is 5.26 Å². The number of amides is 1. The maximum Gasteiger partial charge on any atom is 0.275 e. The fraction of sp³-hybridized carbons (Fsp3) is 0.207. The molecule has 0 aliphatic carbocycles. The van der Waals surface area contributed by atoms with E-state index in [1.807, 2.05) is 35.5 Å². The van der Waals surface area contributed by atoms with Gasteiger partial charge in [-0.25, -0.2) is 23.7 Å². The van der Waals surface area contributed by atoms with Gasteiger partial charge >= 0.3 is 0 Å². The predicted octanol–water partition coefficient (Wildman–Crippen LogP) is 4.82. The van der Waals surface area contributed by atoms with E-state index < -0.39 is 17.8 Å². The molecule has 4 aromatic heterocycles. The summed E-state index contributed by atoms with van der Waals surface area (Å²) in [7, 11) is 1.83. The van der Waals surface area contributed by atoms with Crippen molar-refractivity contribution in [3.05, 3.63) is 82.8 Å². The van der Waals surface area contributed by atoms with Gasteiger partial charge in [0.05, 0.1) is 11.8 Å². The molecule has 41 heavy (non-hydrogen) atoms. The molecule has 0 bridgehead atoms. The average molecular weight is 572 g/mol. The lowest BCUT2D eigenvalue weighted by Crippen LogP contribution is -2.53. The van der Waals surface area contributed by atoms with Gasteiger partial charge in [0.1, 0.15) is 33.9 Å². The number of aliphatic hydroxyl groups is 1. The van der Waals surface area contributed by atoms with Crippen LogP contribution in [0.2, 0.25) is 0 Å². The van der Waals surface area contributed by atoms with Crippen molar-refractivity contribution >= 4 is 33.8 Å². The standard InChI is InChI=1S/C29H23F2N7O2S/c1-3-22-27(36(2)29-35-25(23(11-32)41-29)16-4-7-19(30)8-5-16)38-13-17(6-9-24(38)34-22)18-10-21(31)26(33-12-18)28(40)37-14-20(39)15-37/h4-10,12-13,20,39H,3,14-15H2,1-2H3. The molecule has 12 heteroatoms. The van der Waals surface area contributed by atoms with Crippen molar-refractivity contribution in [1.82, 2.24) is 24.3 Å². The Morgan fingerprint density at radius 3 is 2.54 bits per heavy atom. The van der Waals surface area contributed by atoms with Gasteiger partial charge in [0, 0.05) is 49.2 Å². The monoisotopic (exact) mass is 571 g/mol. The topological polar surface area (TPSA) is 111 Å². The van der Waals surface area contributed by atoms with E-state index >= 15 is 0 Å². The zero-order chi connectivity index (χ0) is 28.8. The van der Waals surface area contributed by atoms with Crippen LogP contribution in [-0.4, -0.2) is 61.5 Å². The van der Waals surface area contributed by atoms with Crippen molar-refractivity contribution in [3.8, 4) is 28.5 Å². The Labute approximate surface area is 237 Å². The number of benzene rings is 1. The molecule has 0 atom stereocenters. The number of nitriles is 1. The van der Waals surface area contributed by atoms with Crippen LogP contribution < -0.4 is 4.90 Å². The van der Waals surface area contributed by atoms with Gasteiger partial charge in [0.15, 0.2) is 16.6 Å². The highest BCUT2D eigenvalue weighted by Gasteiger charge is 2.32. The number of halogens is 2. The van der Waals surface area contributed by atoms with Gasteiger partial charge in [0.2, 0.25) is 0 Å². The Balaban J connectivity index is 1.38. The van der Waals surface area contributed by atoms with Crippen LogP contribution in [0, 0.1) is 23.0 Å². The first-order valence-electron chi connectivity index (χ1n) is 12.8. The molecule has 1 aliphatic heterocycles. The number of pyridine rings is 2. The summed E-state index contributed by atoms with van der Waals surface area (Å²) in [6.07, 6.45) is 3.30. The van der Waals surface area contributed by atoms with Crippen LogP contribution >= 0.6 is 11.3 Å². The largest absolute Gasteiger partial charge is 0.389 e. The second-order valence-electron chi connectivity index (χ2n) is 9.65. The van der Waals surface area contributed by atoms with E-state index in [1.165, 1.54) is 40.6 Å². The first-order valence-corrected chi connectivity index (χ1v) is 13.6. The quantitative estimate of drug-likeness (QED) is 0.311. The first kappa shape index (κ1) is 26.5. The summed E-state index contributed by atoms with van der Waals surface area (Å²) in [6, 6.07) is 12.9. The molecular formula is C29H23F2N7O2S. The summed E-state index contributed by atoms with van der Waals surface area (Å²) in [5.74, 6) is -0.946. The minimum absolute atomic E-state index is 0.162. The Morgan fingerprint density at radius 2 is 1.88 bits per heavy atom. The molecule has 1 amide bonds. The third-order valence-corrected chi connectivity index (χ3v) is 8.00. The molecule has 1 saturated heterocycles. The van der Waals surface area contributed by atoms with Gasteiger partial charge in [-0.1, -0.05) is 18.3 Å². The van der Waals surface area contributed by atoms with Gasteiger partial charge in [-0.3, -0.25) is 9.20 Å². The maximum absolute atomic E-state index is 15.0. The average Bonchev–Trinajstić information content (AvgIpc) is 3.56. The molecule has 0 radical (unpaired) electrons. The number of aliphatic hydroxyl groups excluding tert-OH is 1. The second-order valence-corrected chi connectivity index (χ2v) is 10.6. The lowest BCUT2D eigenvalue weighted by Gasteiger charge is -2.35. The SMILES string of the molecule is CCc1nc2ccc(-c3cnc(C(=O)N4CC(O)C4)c(F)c3)cn2c1N(C)c1nc(-c2ccc(F)cc2)c(C#N)s1. The van der Waals surface area contributed by atoms with Crippen molar-refractivity contribution in [2.24, 2.45) is 0 Å². The van der Waals surface area contributed by atoms with E-state index in [1.54, 1.807) is 18.2 Å². The minimum Gasteiger partial charge on any atom is -0.389 e. The Morgan fingerprint density at radius 1 is 1.15 bits per heavy atom. The fourth-order valence-corrected chi connectivity index (χ4v) is 5.64. The van der Waals surface area contributed by atoms with Crippen LogP contribution in [0.1, 0.15) is 28.0 Å². The summed E-state index contributed by atoms with van der Waals surface area (Å²) in [5.41, 5.74) is 3.41. The van der Waals surface area contributed by atoms with Crippen molar-refractivity contribution in [2.45, 2.75) is 19.4 Å². The van der Waals surface area contributed by atoms with E-state index in [0.29, 0.717) is 44.5 Å². The molecule has 1 N–H and O–H groups in total. The normalized spacial score (nSPS) is 13.3. The molecule has 5 heterocycles. The molecule has 0 spiro atoms. The summed E-state index contributed by atoms with van der Waals surface area (Å²) >= 11 is 1.22. The van der Waals surface area contributed by atoms with Gasteiger partial charge in [-0.15, -0.1) is 0 Å². The number of carbonyl (C=O) groups excluding carboxylic acids is 1. The number of imidazole rings is 1. The highest BCUT2D eigenvalue weighted by Crippen LogP contribution is 2.37. The van der Waals surface area contributed by atoms with Gasteiger partial charge < -0.3 is 14.9 Å². The third-order valence-electron chi connectivity index (χ3n) is 6.96. The molecule has 0 unspecified atom stereocenters. The molecular weight excluding hydrogens is 548 g/mol. The number of thiazole rings is 1. The van der Waals surface area contributed by atoms with E-state index in [2.05, 4.69) is 11.1 Å². The van der Waals surface area contributed by atoms with Crippen LogP contribution in [0.3, 0.4) is 0 Å². The summed E-state index contributed by atoms with van der Waals surface area (Å²) in [6.45, 7) is 2.31. The predicted molar refractivity (Wildman–Crippen MR) is 150 cm³/mol. The Bertz CT molecular complexity index is 1840. The van der Waals surface area contributed by atoms with Crippen LogP contribution in [0.15, 0.2) is 54.9 Å². The van der Waals surface area contributed by atoms with E-state index in [0.717, 1.165) is 11.5 Å². The Kier molecular flexibility index (Phi) is 6.69. The number of likely N-dealkylation sites (tertiary alicyclic amines) is 1. The summed E-state index contributed by atoms with van der Waals surface area (Å²) in [4.78, 5) is 29.7. The highest BCUT2D eigenvalue weighted by molar-refractivity contribution is 7.16. The third kappa shape index (κ3) is 4.69. The van der Waals surface area contributed by atoms with Crippen LogP contribution in [0.25, 0.3) is 28.0 Å². The first-order chi connectivity index (χ1) is 19.8. The number of anilines is 2. The second kappa shape index (κ2) is 10.3. The van der Waals surface area contributed by atoms with Crippen molar-refractivity contribution in [3.63, 3.8) is 0 Å². The molecule has 0 saturated carbocycles. The number of nitrogens with zero attached hydrogens (tertiary/aromatic N) is 7. The number of hydrogen-bond acceptors (Lipinski definition) is 8. The molecule has 1 aliphatic rings. The van der Waals surface area contributed by atoms with Crippen molar-refractivity contribution < 1.29 is 18.7 Å². The molecule has 1 fully saturated rings. The van der Waals surface area contributed by atoms with Crippen LogP contribution in [-0.2, 0) is 6.42 Å². The number of hydrogen-bond donors (Lipinski definition) is 1. The van der Waals surface area contributed by atoms with Gasteiger partial charge in [0.25, 0.3) is 5.91 Å². The number of rotatable bonds is 6. The van der Waals surface area contributed by atoms with Crippen molar-refractivity contribution in [2.75, 3.05) is 25.0 Å². The molecule has 9 nitrogen and oxygen atoms in total. The number of aromatic nitrogens is 4. The maximum atomic E-state index is 15.0.